The minimum Gasteiger partial charge on any atom is -0.508 e. The van der Waals surface area contributed by atoms with Crippen LogP contribution in [0, 0.1) is 13.8 Å². The first-order valence-electron chi connectivity index (χ1n) is 13.2. The van der Waals surface area contributed by atoms with E-state index in [2.05, 4.69) is 72.3 Å². The van der Waals surface area contributed by atoms with Crippen molar-refractivity contribution in [2.75, 3.05) is 30.8 Å². The predicted octanol–water partition coefficient (Wildman–Crippen LogP) is 5.65. The van der Waals surface area contributed by atoms with E-state index in [1.165, 1.54) is 22.8 Å². The van der Waals surface area contributed by atoms with Crippen molar-refractivity contribution in [2.24, 2.45) is 0 Å². The van der Waals surface area contributed by atoms with Gasteiger partial charge >= 0.3 is 0 Å². The molecule has 0 amide bonds. The summed E-state index contributed by atoms with van der Waals surface area (Å²) in [6.45, 7) is 7.11. The first-order chi connectivity index (χ1) is 19.4. The summed E-state index contributed by atoms with van der Waals surface area (Å²) in [5.74, 6) is 0.0388. The minimum atomic E-state index is -0.694. The van der Waals surface area contributed by atoms with Crippen LogP contribution < -0.4 is 16.0 Å². The number of carbonyl (C=O) groups excluding carboxylic acids is 1. The number of aliphatic hydroxyl groups excluding tert-OH is 2. The van der Waals surface area contributed by atoms with Gasteiger partial charge in [0, 0.05) is 36.2 Å². The summed E-state index contributed by atoms with van der Waals surface area (Å²) in [6, 6.07) is 29.6. The Morgan fingerprint density at radius 1 is 0.800 bits per heavy atom. The Labute approximate surface area is 237 Å². The van der Waals surface area contributed by atoms with E-state index in [1.54, 1.807) is 12.1 Å². The molecule has 4 aromatic carbocycles. The number of phenols is 1. The number of hydrogen-bond donors (Lipinski definition) is 6. The van der Waals surface area contributed by atoms with Gasteiger partial charge in [0.05, 0.1) is 12.7 Å². The lowest BCUT2D eigenvalue weighted by atomic mass is 10.1. The van der Waals surface area contributed by atoms with Crippen LogP contribution >= 0.6 is 0 Å². The Morgan fingerprint density at radius 2 is 1.48 bits per heavy atom. The number of anilines is 3. The molecule has 4 rings (SSSR count). The van der Waals surface area contributed by atoms with Gasteiger partial charge < -0.3 is 36.1 Å². The summed E-state index contributed by atoms with van der Waals surface area (Å²) >= 11 is 0. The number of benzene rings is 4. The SMILES string of the molecule is C=O.CNc1ccccc1.Cc1ccc(Nc2ccc(CCNCC(O)c3ccc(O)c(CO)c3)cc2)cc1C. The molecule has 0 aliphatic carbocycles. The van der Waals surface area contributed by atoms with Gasteiger partial charge in [-0.15, -0.1) is 0 Å². The highest BCUT2D eigenvalue weighted by molar-refractivity contribution is 5.61. The molecule has 6 N–H and O–H groups in total. The second-order valence-electron chi connectivity index (χ2n) is 9.25. The van der Waals surface area contributed by atoms with E-state index in [0.717, 1.165) is 30.0 Å². The fourth-order valence-electron chi connectivity index (χ4n) is 3.87. The third-order valence-corrected chi connectivity index (χ3v) is 6.40. The van der Waals surface area contributed by atoms with E-state index in [0.29, 0.717) is 17.7 Å². The number of hydrogen-bond acceptors (Lipinski definition) is 7. The molecule has 212 valence electrons. The van der Waals surface area contributed by atoms with Crippen molar-refractivity contribution in [3.63, 3.8) is 0 Å². The van der Waals surface area contributed by atoms with Crippen LogP contribution in [0.15, 0.2) is 91.0 Å². The number of rotatable bonds is 10. The van der Waals surface area contributed by atoms with Crippen molar-refractivity contribution in [1.29, 1.82) is 0 Å². The molecule has 7 nitrogen and oxygen atoms in total. The van der Waals surface area contributed by atoms with Gasteiger partial charge in [-0.3, -0.25) is 0 Å². The van der Waals surface area contributed by atoms with E-state index < -0.39 is 6.10 Å². The van der Waals surface area contributed by atoms with Crippen LogP contribution in [0.5, 0.6) is 5.75 Å². The summed E-state index contributed by atoms with van der Waals surface area (Å²) in [6.07, 6.45) is 0.161. The third-order valence-electron chi connectivity index (χ3n) is 6.40. The van der Waals surface area contributed by atoms with Gasteiger partial charge in [-0.1, -0.05) is 42.5 Å². The number of carbonyl (C=O) groups is 1. The number of aromatic hydroxyl groups is 1. The maximum atomic E-state index is 10.3. The van der Waals surface area contributed by atoms with Crippen LogP contribution in [0.1, 0.15) is 33.9 Å². The Balaban J connectivity index is 0.000000475. The molecule has 0 fully saturated rings. The molecule has 0 heterocycles. The Morgan fingerprint density at radius 3 is 2.08 bits per heavy atom. The van der Waals surface area contributed by atoms with Crippen LogP contribution in [0.3, 0.4) is 0 Å². The van der Waals surface area contributed by atoms with Gasteiger partial charge in [0.15, 0.2) is 0 Å². The molecule has 0 aliphatic heterocycles. The first-order valence-corrected chi connectivity index (χ1v) is 13.2. The molecule has 0 radical (unpaired) electrons. The van der Waals surface area contributed by atoms with Crippen molar-refractivity contribution in [1.82, 2.24) is 5.32 Å². The summed E-state index contributed by atoms with van der Waals surface area (Å²) in [5.41, 5.74) is 8.16. The van der Waals surface area contributed by atoms with Gasteiger partial charge in [-0.05, 0) is 97.6 Å². The van der Waals surface area contributed by atoms with Crippen molar-refractivity contribution >= 4 is 23.9 Å². The van der Waals surface area contributed by atoms with Gasteiger partial charge in [-0.2, -0.15) is 0 Å². The molecular formula is C33H41N3O4. The Bertz CT molecular complexity index is 1280. The summed E-state index contributed by atoms with van der Waals surface area (Å²) in [5, 5.41) is 38.9. The molecule has 40 heavy (non-hydrogen) atoms. The highest BCUT2D eigenvalue weighted by Crippen LogP contribution is 2.22. The van der Waals surface area contributed by atoms with E-state index in [1.807, 2.05) is 44.2 Å². The maximum Gasteiger partial charge on any atom is 0.121 e. The second-order valence-corrected chi connectivity index (χ2v) is 9.25. The number of nitrogens with one attached hydrogen (secondary N) is 3. The Hall–Kier alpha value is -4.17. The molecule has 7 heteroatoms. The predicted molar refractivity (Wildman–Crippen MR) is 164 cm³/mol. The maximum absolute atomic E-state index is 10.3. The van der Waals surface area contributed by atoms with Crippen molar-refractivity contribution in [2.45, 2.75) is 33.0 Å². The topological polar surface area (TPSA) is 114 Å². The standard InChI is InChI=1S/C25H30N2O3.C7H9N.CH2O/c1-17-3-7-23(13-18(17)2)27-22-8-4-19(5-9-22)11-12-26-15-25(30)20-6-10-24(29)21(14-20)16-28;1-8-7-5-3-2-4-6-7;1-2/h3-10,13-14,25-30H,11-12,15-16H2,1-2H3;2-6,8H,1H3;1H2. The molecule has 0 spiro atoms. The molecule has 0 bridgehead atoms. The lowest BCUT2D eigenvalue weighted by molar-refractivity contribution is -0.0980. The summed E-state index contributed by atoms with van der Waals surface area (Å²) in [7, 11) is 1.91. The van der Waals surface area contributed by atoms with Crippen LogP contribution in [-0.2, 0) is 17.8 Å². The lowest BCUT2D eigenvalue weighted by Gasteiger charge is -2.14. The molecule has 0 aliphatic rings. The van der Waals surface area contributed by atoms with Crippen molar-refractivity contribution < 1.29 is 20.1 Å². The minimum absolute atomic E-state index is 0.0388. The van der Waals surface area contributed by atoms with Gasteiger partial charge in [0.25, 0.3) is 0 Å². The molecule has 0 saturated carbocycles. The molecule has 0 aromatic heterocycles. The average Bonchev–Trinajstić information content (AvgIpc) is 3.00. The fourth-order valence-corrected chi connectivity index (χ4v) is 3.87. The fraction of sp³-hybridized carbons (Fsp3) is 0.242. The number of aliphatic hydroxyl groups is 2. The largest absolute Gasteiger partial charge is 0.508 e. The number of para-hydroxylation sites is 1. The summed E-state index contributed by atoms with van der Waals surface area (Å²) in [4.78, 5) is 8.00. The van der Waals surface area contributed by atoms with E-state index >= 15 is 0 Å². The van der Waals surface area contributed by atoms with Gasteiger partial charge in [0.2, 0.25) is 0 Å². The quantitative estimate of drug-likeness (QED) is 0.143. The zero-order valence-corrected chi connectivity index (χ0v) is 23.5. The van der Waals surface area contributed by atoms with Crippen LogP contribution in [0.4, 0.5) is 17.1 Å². The highest BCUT2D eigenvalue weighted by atomic mass is 16.3. The van der Waals surface area contributed by atoms with Gasteiger partial charge in [-0.25, -0.2) is 0 Å². The summed E-state index contributed by atoms with van der Waals surface area (Å²) < 4.78 is 0. The third kappa shape index (κ3) is 10.5. The number of aryl methyl sites for hydroxylation is 2. The molecule has 1 unspecified atom stereocenters. The van der Waals surface area contributed by atoms with E-state index in [4.69, 9.17) is 4.79 Å². The average molecular weight is 544 g/mol. The first kappa shape index (κ1) is 32.0. The van der Waals surface area contributed by atoms with E-state index in [9.17, 15) is 15.3 Å². The zero-order valence-electron chi connectivity index (χ0n) is 23.5. The van der Waals surface area contributed by atoms with Crippen molar-refractivity contribution in [3.05, 3.63) is 119 Å². The zero-order chi connectivity index (χ0) is 29.3. The van der Waals surface area contributed by atoms with Crippen LogP contribution in [-0.4, -0.2) is 42.2 Å². The smallest absolute Gasteiger partial charge is 0.121 e. The van der Waals surface area contributed by atoms with Crippen molar-refractivity contribution in [3.8, 4) is 5.75 Å². The molecule has 1 atom stereocenters. The highest BCUT2D eigenvalue weighted by Gasteiger charge is 2.10. The van der Waals surface area contributed by atoms with Crippen LogP contribution in [0.2, 0.25) is 0 Å². The van der Waals surface area contributed by atoms with E-state index in [-0.39, 0.29) is 12.4 Å². The second kappa shape index (κ2) is 17.4. The lowest BCUT2D eigenvalue weighted by Crippen LogP contribution is -2.23. The van der Waals surface area contributed by atoms with Crippen LogP contribution in [0.25, 0.3) is 0 Å². The monoisotopic (exact) mass is 543 g/mol. The Kier molecular flexibility index (Phi) is 14.0. The molecule has 0 saturated heterocycles. The molecule has 4 aromatic rings. The normalized spacial score (nSPS) is 10.8. The van der Waals surface area contributed by atoms with Gasteiger partial charge in [0.1, 0.15) is 12.5 Å². The molecular weight excluding hydrogens is 502 g/mol.